The molecule has 2 aliphatic rings. The van der Waals surface area contributed by atoms with Gasteiger partial charge in [-0.05, 0) is 31.4 Å². The Bertz CT molecular complexity index is 628. The monoisotopic (exact) mass is 269 g/mol. The second-order valence-corrected chi connectivity index (χ2v) is 4.97. The summed E-state index contributed by atoms with van der Waals surface area (Å²) in [5.74, 6) is 0.130. The number of hydrogen-bond donors (Lipinski definition) is 0. The smallest absolute Gasteiger partial charge is 0.257 e. The quantitative estimate of drug-likeness (QED) is 0.472. The summed E-state index contributed by atoms with van der Waals surface area (Å²) >= 11 is 0. The molecule has 1 fully saturated rings. The number of anilines is 1. The van der Waals surface area contributed by atoms with Crippen LogP contribution < -0.4 is 4.90 Å². The van der Waals surface area contributed by atoms with E-state index in [2.05, 4.69) is 15.0 Å². The van der Waals surface area contributed by atoms with Crippen molar-refractivity contribution in [3.05, 3.63) is 40.3 Å². The van der Waals surface area contributed by atoms with Crippen LogP contribution >= 0.6 is 0 Å². The van der Waals surface area contributed by atoms with Crippen LogP contribution in [0.2, 0.25) is 0 Å². The normalized spacial score (nSPS) is 21.6. The maximum Gasteiger partial charge on any atom is 0.257 e. The summed E-state index contributed by atoms with van der Waals surface area (Å²) in [5.41, 5.74) is 11.4. The molecule has 3 rings (SSSR count). The zero-order valence-electron chi connectivity index (χ0n) is 11.2. The molecule has 0 aromatic heterocycles. The molecule has 6 nitrogen and oxygen atoms in total. The molecule has 1 aromatic rings. The van der Waals surface area contributed by atoms with Gasteiger partial charge in [-0.2, -0.15) is 0 Å². The minimum absolute atomic E-state index is 0.256. The highest BCUT2D eigenvalue weighted by Crippen LogP contribution is 2.38. The number of carbonyl (C=O) groups is 1. The van der Waals surface area contributed by atoms with Crippen LogP contribution in [0.4, 0.5) is 5.69 Å². The summed E-state index contributed by atoms with van der Waals surface area (Å²) in [4.78, 5) is 21.3. The van der Waals surface area contributed by atoms with Gasteiger partial charge in [-0.3, -0.25) is 9.79 Å². The van der Waals surface area contributed by atoms with Crippen molar-refractivity contribution in [2.45, 2.75) is 25.9 Å². The Morgan fingerprint density at radius 3 is 2.85 bits per heavy atom. The lowest BCUT2D eigenvalue weighted by molar-refractivity contribution is -0.119. The van der Waals surface area contributed by atoms with Gasteiger partial charge >= 0.3 is 0 Å². The fourth-order valence-corrected chi connectivity index (χ4v) is 2.57. The molecule has 1 aromatic carbocycles. The predicted molar refractivity (Wildman–Crippen MR) is 76.7 cm³/mol. The average Bonchev–Trinajstić information content (AvgIpc) is 3.29. The van der Waals surface area contributed by atoms with Gasteiger partial charge in [0.2, 0.25) is 6.17 Å². The number of likely N-dealkylation sites (N-methyl/N-ethyl adjacent to an activating group) is 1. The first-order chi connectivity index (χ1) is 9.76. The number of benzene rings is 1. The maximum absolute atomic E-state index is 12.5. The molecule has 0 saturated heterocycles. The third-order valence-electron chi connectivity index (χ3n) is 3.66. The fraction of sp³-hybridized carbons (Fsp3) is 0.429. The summed E-state index contributed by atoms with van der Waals surface area (Å²) in [5, 5.41) is 3.57. The van der Waals surface area contributed by atoms with Gasteiger partial charge in [-0.1, -0.05) is 23.3 Å². The molecule has 0 spiro atoms. The van der Waals surface area contributed by atoms with E-state index in [1.54, 1.807) is 4.90 Å². The van der Waals surface area contributed by atoms with E-state index in [1.165, 1.54) is 0 Å². The first-order valence-electron chi connectivity index (χ1n) is 6.79. The third-order valence-corrected chi connectivity index (χ3v) is 3.66. The van der Waals surface area contributed by atoms with E-state index in [9.17, 15) is 4.79 Å². The van der Waals surface area contributed by atoms with Gasteiger partial charge in [0.1, 0.15) is 0 Å². The van der Waals surface area contributed by atoms with Gasteiger partial charge < -0.3 is 4.90 Å². The summed E-state index contributed by atoms with van der Waals surface area (Å²) in [7, 11) is 0. The number of carbonyl (C=O) groups excluding carboxylic acids is 1. The molecule has 1 aliphatic carbocycles. The summed E-state index contributed by atoms with van der Waals surface area (Å²) in [6.45, 7) is 2.44. The van der Waals surface area contributed by atoms with E-state index in [1.807, 2.05) is 31.2 Å². The Morgan fingerprint density at radius 2 is 2.20 bits per heavy atom. The molecule has 1 saturated carbocycles. The molecule has 1 amide bonds. The van der Waals surface area contributed by atoms with Crippen molar-refractivity contribution in [3.63, 3.8) is 0 Å². The highest BCUT2D eigenvalue weighted by atomic mass is 16.2. The SMILES string of the molecule is CCN1C(=O)C(N=[N+]=[N-])N=C(C2CC2)c2ccccc21. The van der Waals surface area contributed by atoms with Crippen LogP contribution in [0.15, 0.2) is 34.4 Å². The van der Waals surface area contributed by atoms with Crippen LogP contribution in [0.25, 0.3) is 10.4 Å². The molecule has 1 aliphatic heterocycles. The van der Waals surface area contributed by atoms with E-state index < -0.39 is 6.17 Å². The molecule has 102 valence electrons. The number of aliphatic imine (C=N–C) groups is 1. The third kappa shape index (κ3) is 2.04. The standard InChI is InChI=1S/C14H15N5O/c1-2-19-11-6-4-3-5-10(11)12(9-7-8-9)16-13(14(19)20)17-18-15/h3-6,9,13H,2,7-8H2,1H3. The average molecular weight is 269 g/mol. The predicted octanol–water partition coefficient (Wildman–Crippen LogP) is 2.89. The van der Waals surface area contributed by atoms with Crippen molar-refractivity contribution in [2.24, 2.45) is 16.0 Å². The van der Waals surface area contributed by atoms with Crippen molar-refractivity contribution < 1.29 is 4.79 Å². The number of fused-ring (bicyclic) bond motifs is 1. The molecule has 0 N–H and O–H groups in total. The van der Waals surface area contributed by atoms with Gasteiger partial charge in [-0.15, -0.1) is 0 Å². The molecule has 20 heavy (non-hydrogen) atoms. The first-order valence-corrected chi connectivity index (χ1v) is 6.79. The number of hydrogen-bond acceptors (Lipinski definition) is 3. The summed E-state index contributed by atoms with van der Waals surface area (Å²) in [6, 6.07) is 7.77. The highest BCUT2D eigenvalue weighted by molar-refractivity contribution is 6.14. The van der Waals surface area contributed by atoms with Gasteiger partial charge in [-0.25, -0.2) is 0 Å². The van der Waals surface area contributed by atoms with Crippen molar-refractivity contribution in [1.82, 2.24) is 0 Å². The minimum atomic E-state index is -0.983. The number of rotatable bonds is 3. The topological polar surface area (TPSA) is 81.4 Å². The Morgan fingerprint density at radius 1 is 1.45 bits per heavy atom. The van der Waals surface area contributed by atoms with Gasteiger partial charge in [0.25, 0.3) is 5.91 Å². The van der Waals surface area contributed by atoms with E-state index in [-0.39, 0.29) is 5.91 Å². The molecule has 0 radical (unpaired) electrons. The lowest BCUT2D eigenvalue weighted by Crippen LogP contribution is -2.36. The number of para-hydroxylation sites is 1. The largest absolute Gasteiger partial charge is 0.310 e. The second kappa shape index (κ2) is 4.98. The van der Waals surface area contributed by atoms with Crippen LogP contribution in [0.5, 0.6) is 0 Å². The Labute approximate surface area is 116 Å². The second-order valence-electron chi connectivity index (χ2n) is 4.97. The van der Waals surface area contributed by atoms with E-state index in [0.29, 0.717) is 12.5 Å². The van der Waals surface area contributed by atoms with Crippen molar-refractivity contribution in [2.75, 3.05) is 11.4 Å². The van der Waals surface area contributed by atoms with Crippen molar-refractivity contribution in [1.29, 1.82) is 0 Å². The molecular formula is C14H15N5O. The summed E-state index contributed by atoms with van der Waals surface area (Å²) < 4.78 is 0. The Kier molecular flexibility index (Phi) is 3.16. The van der Waals surface area contributed by atoms with Gasteiger partial charge in [0.15, 0.2) is 0 Å². The molecule has 1 unspecified atom stereocenters. The van der Waals surface area contributed by atoms with E-state index in [0.717, 1.165) is 29.8 Å². The Hall–Kier alpha value is -2.33. The molecule has 1 atom stereocenters. The van der Waals surface area contributed by atoms with Gasteiger partial charge in [0.05, 0.1) is 5.69 Å². The lowest BCUT2D eigenvalue weighted by Gasteiger charge is -2.22. The number of nitrogens with zero attached hydrogens (tertiary/aromatic N) is 5. The summed E-state index contributed by atoms with van der Waals surface area (Å²) in [6.07, 6.45) is 1.18. The first kappa shape index (κ1) is 12.7. The van der Waals surface area contributed by atoms with Crippen molar-refractivity contribution >= 4 is 17.3 Å². The van der Waals surface area contributed by atoms with Crippen LogP contribution in [0.3, 0.4) is 0 Å². The van der Waals surface area contributed by atoms with Crippen LogP contribution in [0.1, 0.15) is 25.3 Å². The van der Waals surface area contributed by atoms with Crippen LogP contribution in [0, 0.1) is 5.92 Å². The van der Waals surface area contributed by atoms with Crippen molar-refractivity contribution in [3.8, 4) is 0 Å². The minimum Gasteiger partial charge on any atom is -0.310 e. The molecule has 6 heteroatoms. The van der Waals surface area contributed by atoms with Gasteiger partial charge in [0, 0.05) is 28.6 Å². The zero-order chi connectivity index (χ0) is 14.1. The number of azide groups is 1. The maximum atomic E-state index is 12.5. The van der Waals surface area contributed by atoms with E-state index in [4.69, 9.17) is 5.53 Å². The fourth-order valence-electron chi connectivity index (χ4n) is 2.57. The number of benzodiazepines with no additional fused rings is 1. The Balaban J connectivity index is 2.18. The van der Waals surface area contributed by atoms with E-state index >= 15 is 0 Å². The molecular weight excluding hydrogens is 254 g/mol. The zero-order valence-corrected chi connectivity index (χ0v) is 11.2. The molecule has 1 heterocycles. The lowest BCUT2D eigenvalue weighted by atomic mass is 10.0. The highest BCUT2D eigenvalue weighted by Gasteiger charge is 2.36. The molecule has 0 bridgehead atoms. The van der Waals surface area contributed by atoms with Crippen LogP contribution in [-0.4, -0.2) is 24.3 Å². The number of amides is 1. The van der Waals surface area contributed by atoms with Crippen LogP contribution in [-0.2, 0) is 4.79 Å².